The van der Waals surface area contributed by atoms with E-state index in [1.807, 2.05) is 0 Å². The lowest BCUT2D eigenvalue weighted by Crippen LogP contribution is -2.29. The lowest BCUT2D eigenvalue weighted by molar-refractivity contribution is 0.309. The van der Waals surface area contributed by atoms with Crippen LogP contribution in [0.15, 0.2) is 12.1 Å². The summed E-state index contributed by atoms with van der Waals surface area (Å²) in [4.78, 5) is 2.25. The molecule has 0 unspecified atom stereocenters. The topological polar surface area (TPSA) is 12.5 Å². The number of likely N-dealkylation sites (N-methyl/N-ethyl adjacent to an activating group) is 1. The molecule has 1 aromatic rings. The molecular formula is C11H15NO. The van der Waals surface area contributed by atoms with Crippen molar-refractivity contribution in [2.45, 2.75) is 13.8 Å². The van der Waals surface area contributed by atoms with Gasteiger partial charge in [0, 0.05) is 7.05 Å². The molecule has 0 aromatic heterocycles. The Morgan fingerprint density at radius 3 is 2.85 bits per heavy atom. The molecule has 0 saturated carbocycles. The number of anilines is 1. The number of ether oxygens (including phenoxy) is 1. The molecule has 1 heterocycles. The van der Waals surface area contributed by atoms with Crippen LogP contribution in [0.2, 0.25) is 0 Å². The SMILES string of the molecule is Cc1cc(C)c2c(c1)N(C)CCO2. The summed E-state index contributed by atoms with van der Waals surface area (Å²) in [6.07, 6.45) is 0. The molecule has 0 bridgehead atoms. The van der Waals surface area contributed by atoms with Gasteiger partial charge in [0.25, 0.3) is 0 Å². The highest BCUT2D eigenvalue weighted by atomic mass is 16.5. The molecule has 0 aliphatic carbocycles. The van der Waals surface area contributed by atoms with Crippen molar-refractivity contribution >= 4 is 5.69 Å². The van der Waals surface area contributed by atoms with Crippen molar-refractivity contribution < 1.29 is 4.74 Å². The highest BCUT2D eigenvalue weighted by Gasteiger charge is 2.16. The fourth-order valence-electron chi connectivity index (χ4n) is 1.81. The van der Waals surface area contributed by atoms with Gasteiger partial charge in [0.15, 0.2) is 0 Å². The van der Waals surface area contributed by atoms with Gasteiger partial charge in [-0.15, -0.1) is 0 Å². The van der Waals surface area contributed by atoms with Crippen LogP contribution in [-0.4, -0.2) is 20.2 Å². The van der Waals surface area contributed by atoms with Crippen LogP contribution >= 0.6 is 0 Å². The predicted molar refractivity (Wildman–Crippen MR) is 54.7 cm³/mol. The standard InChI is InChI=1S/C11H15NO/c1-8-6-9(2)11-10(7-8)12(3)4-5-13-11/h6-7H,4-5H2,1-3H3. The average molecular weight is 177 g/mol. The van der Waals surface area contributed by atoms with Crippen LogP contribution in [-0.2, 0) is 0 Å². The minimum Gasteiger partial charge on any atom is -0.489 e. The Morgan fingerprint density at radius 2 is 2.08 bits per heavy atom. The normalized spacial score (nSPS) is 15.2. The molecule has 0 spiro atoms. The quantitative estimate of drug-likeness (QED) is 0.602. The van der Waals surface area contributed by atoms with Crippen LogP contribution in [0.1, 0.15) is 11.1 Å². The molecule has 1 aromatic carbocycles. The lowest BCUT2D eigenvalue weighted by atomic mass is 10.1. The van der Waals surface area contributed by atoms with Gasteiger partial charge in [0.05, 0.1) is 12.2 Å². The van der Waals surface area contributed by atoms with Gasteiger partial charge in [-0.2, -0.15) is 0 Å². The first kappa shape index (κ1) is 8.42. The molecule has 0 N–H and O–H groups in total. The summed E-state index contributed by atoms with van der Waals surface area (Å²) < 4.78 is 5.64. The second kappa shape index (κ2) is 2.95. The largest absolute Gasteiger partial charge is 0.489 e. The van der Waals surface area contributed by atoms with Gasteiger partial charge in [-0.3, -0.25) is 0 Å². The third-order valence-corrected chi connectivity index (χ3v) is 2.48. The van der Waals surface area contributed by atoms with Crippen LogP contribution in [0.5, 0.6) is 5.75 Å². The molecule has 1 aliphatic rings. The first-order valence-corrected chi connectivity index (χ1v) is 4.63. The van der Waals surface area contributed by atoms with E-state index in [2.05, 4.69) is 37.9 Å². The molecule has 2 rings (SSSR count). The summed E-state index contributed by atoms with van der Waals surface area (Å²) in [5.41, 5.74) is 3.76. The maximum atomic E-state index is 5.64. The first-order valence-electron chi connectivity index (χ1n) is 4.63. The third kappa shape index (κ3) is 1.37. The molecule has 2 nitrogen and oxygen atoms in total. The van der Waals surface area contributed by atoms with Crippen molar-refractivity contribution in [2.75, 3.05) is 25.1 Å². The Balaban J connectivity index is 2.56. The van der Waals surface area contributed by atoms with Gasteiger partial charge in [0.1, 0.15) is 12.4 Å². The van der Waals surface area contributed by atoms with Crippen molar-refractivity contribution in [2.24, 2.45) is 0 Å². The maximum Gasteiger partial charge on any atom is 0.145 e. The Labute approximate surface area is 79.1 Å². The molecule has 13 heavy (non-hydrogen) atoms. The third-order valence-electron chi connectivity index (χ3n) is 2.48. The average Bonchev–Trinajstić information content (AvgIpc) is 2.07. The summed E-state index contributed by atoms with van der Waals surface area (Å²) in [7, 11) is 2.11. The number of hydrogen-bond donors (Lipinski definition) is 0. The Hall–Kier alpha value is -1.18. The van der Waals surface area contributed by atoms with E-state index in [0.29, 0.717) is 0 Å². The summed E-state index contributed by atoms with van der Waals surface area (Å²) in [6.45, 7) is 6.00. The molecule has 0 amide bonds. The molecule has 0 radical (unpaired) electrons. The number of hydrogen-bond acceptors (Lipinski definition) is 2. The van der Waals surface area contributed by atoms with E-state index in [0.717, 1.165) is 18.9 Å². The summed E-state index contributed by atoms with van der Waals surface area (Å²) in [6, 6.07) is 4.35. The molecule has 0 atom stereocenters. The lowest BCUT2D eigenvalue weighted by Gasteiger charge is -2.29. The molecule has 0 fully saturated rings. The maximum absolute atomic E-state index is 5.64. The Bertz CT molecular complexity index is 333. The van der Waals surface area contributed by atoms with Gasteiger partial charge >= 0.3 is 0 Å². The molecule has 1 aliphatic heterocycles. The molecule has 0 saturated heterocycles. The number of fused-ring (bicyclic) bond motifs is 1. The number of rotatable bonds is 0. The van der Waals surface area contributed by atoms with Gasteiger partial charge in [-0.1, -0.05) is 6.07 Å². The van der Waals surface area contributed by atoms with Gasteiger partial charge < -0.3 is 9.64 Å². The second-order valence-electron chi connectivity index (χ2n) is 3.70. The summed E-state index contributed by atoms with van der Waals surface area (Å²) in [5, 5.41) is 0. The fourth-order valence-corrected chi connectivity index (χ4v) is 1.81. The Kier molecular flexibility index (Phi) is 1.91. The monoisotopic (exact) mass is 177 g/mol. The number of benzene rings is 1. The van der Waals surface area contributed by atoms with Gasteiger partial charge in [-0.25, -0.2) is 0 Å². The smallest absolute Gasteiger partial charge is 0.145 e. The molecule has 70 valence electrons. The fraction of sp³-hybridized carbons (Fsp3) is 0.455. The second-order valence-corrected chi connectivity index (χ2v) is 3.70. The van der Waals surface area contributed by atoms with Crippen molar-refractivity contribution in [1.29, 1.82) is 0 Å². The highest BCUT2D eigenvalue weighted by Crippen LogP contribution is 2.34. The van der Waals surface area contributed by atoms with Crippen molar-refractivity contribution in [3.63, 3.8) is 0 Å². The number of nitrogens with zero attached hydrogens (tertiary/aromatic N) is 1. The van der Waals surface area contributed by atoms with Crippen molar-refractivity contribution in [3.05, 3.63) is 23.3 Å². The first-order chi connectivity index (χ1) is 6.18. The van der Waals surface area contributed by atoms with Crippen molar-refractivity contribution in [3.8, 4) is 5.75 Å². The van der Waals surface area contributed by atoms with Crippen molar-refractivity contribution in [1.82, 2.24) is 0 Å². The van der Waals surface area contributed by atoms with Crippen LogP contribution in [0.25, 0.3) is 0 Å². The zero-order valence-electron chi connectivity index (χ0n) is 8.42. The Morgan fingerprint density at radius 1 is 1.31 bits per heavy atom. The van der Waals surface area contributed by atoms with E-state index < -0.39 is 0 Å². The van der Waals surface area contributed by atoms with E-state index >= 15 is 0 Å². The van der Waals surface area contributed by atoms with E-state index in [1.54, 1.807) is 0 Å². The van der Waals surface area contributed by atoms with Crippen LogP contribution in [0.3, 0.4) is 0 Å². The zero-order chi connectivity index (χ0) is 9.42. The minimum atomic E-state index is 0.799. The van der Waals surface area contributed by atoms with E-state index in [-0.39, 0.29) is 0 Å². The highest BCUT2D eigenvalue weighted by molar-refractivity contribution is 5.64. The van der Waals surface area contributed by atoms with E-state index in [4.69, 9.17) is 4.74 Å². The summed E-state index contributed by atoms with van der Waals surface area (Å²) >= 11 is 0. The number of aryl methyl sites for hydroxylation is 2. The summed E-state index contributed by atoms with van der Waals surface area (Å²) in [5.74, 6) is 1.05. The van der Waals surface area contributed by atoms with Crippen LogP contribution in [0, 0.1) is 13.8 Å². The van der Waals surface area contributed by atoms with Gasteiger partial charge in [-0.05, 0) is 31.0 Å². The van der Waals surface area contributed by atoms with E-state index in [1.165, 1.54) is 16.8 Å². The predicted octanol–water partition coefficient (Wildman–Crippen LogP) is 2.13. The van der Waals surface area contributed by atoms with E-state index in [9.17, 15) is 0 Å². The minimum absolute atomic E-state index is 0.799. The van der Waals surface area contributed by atoms with Crippen LogP contribution in [0.4, 0.5) is 5.69 Å². The van der Waals surface area contributed by atoms with Crippen LogP contribution < -0.4 is 9.64 Å². The van der Waals surface area contributed by atoms with Gasteiger partial charge in [0.2, 0.25) is 0 Å². The molecule has 2 heteroatoms. The molecular weight excluding hydrogens is 162 g/mol. The zero-order valence-corrected chi connectivity index (χ0v) is 8.42.